The van der Waals surface area contributed by atoms with Gasteiger partial charge in [-0.15, -0.1) is 0 Å². The Morgan fingerprint density at radius 2 is 1.90 bits per heavy atom. The van der Waals surface area contributed by atoms with Crippen molar-refractivity contribution in [1.82, 2.24) is 0 Å². The lowest BCUT2D eigenvalue weighted by Crippen LogP contribution is -2.44. The molecular weight excluding hydrogens is 385 g/mol. The Hall–Kier alpha value is -0.290. The van der Waals surface area contributed by atoms with Crippen molar-refractivity contribution >= 4 is 45.1 Å². The van der Waals surface area contributed by atoms with Gasteiger partial charge in [-0.25, -0.2) is 0 Å². The molecule has 2 nitrogen and oxygen atoms in total. The fourth-order valence-corrected chi connectivity index (χ4v) is 4.94. The van der Waals surface area contributed by atoms with Crippen LogP contribution in [0.15, 0.2) is 18.2 Å². The van der Waals surface area contributed by atoms with Gasteiger partial charge < -0.3 is 4.90 Å². The van der Waals surface area contributed by atoms with Crippen LogP contribution in [0.4, 0.5) is 5.69 Å². The van der Waals surface area contributed by atoms with Crippen LogP contribution in [0.3, 0.4) is 0 Å². The zero-order valence-electron chi connectivity index (χ0n) is 11.2. The lowest BCUT2D eigenvalue weighted by molar-refractivity contribution is 0.108. The average molecular weight is 402 g/mol. The molecule has 2 bridgehead atoms. The Morgan fingerprint density at radius 1 is 1.25 bits per heavy atom. The molecule has 1 aromatic rings. The van der Waals surface area contributed by atoms with E-state index in [1.54, 1.807) is 0 Å². The van der Waals surface area contributed by atoms with Gasteiger partial charge in [0, 0.05) is 15.7 Å². The fourth-order valence-electron chi connectivity index (χ4n) is 4.31. The van der Waals surface area contributed by atoms with Crippen LogP contribution >= 0.6 is 34.2 Å². The normalized spacial score (nSPS) is 29.8. The summed E-state index contributed by atoms with van der Waals surface area (Å²) in [6.07, 6.45) is 8.00. The van der Waals surface area contributed by atoms with E-state index in [0.29, 0.717) is 23.1 Å². The number of halogens is 2. The third kappa shape index (κ3) is 2.08. The maximum Gasteiger partial charge on any atom is 0.254 e. The highest BCUT2D eigenvalue weighted by Gasteiger charge is 2.54. The summed E-state index contributed by atoms with van der Waals surface area (Å²) in [7, 11) is 0. The molecule has 2 atom stereocenters. The minimum absolute atomic E-state index is 0.331. The van der Waals surface area contributed by atoms with E-state index in [9.17, 15) is 4.79 Å². The van der Waals surface area contributed by atoms with Gasteiger partial charge in [-0.3, -0.25) is 4.79 Å². The SMILES string of the molecule is O=C(Cl)c1ccc(I)cc1N1[C@@H]2CC[C@H]1CC1(CC1)C2. The smallest absolute Gasteiger partial charge is 0.254 e. The van der Waals surface area contributed by atoms with Crippen LogP contribution in [-0.2, 0) is 0 Å². The van der Waals surface area contributed by atoms with Crippen LogP contribution in [0.5, 0.6) is 0 Å². The van der Waals surface area contributed by atoms with Crippen molar-refractivity contribution in [1.29, 1.82) is 0 Å². The number of benzene rings is 1. The Bertz CT molecular complexity index is 568. The molecule has 2 heterocycles. The van der Waals surface area contributed by atoms with E-state index in [4.69, 9.17) is 11.6 Å². The van der Waals surface area contributed by atoms with Crippen molar-refractivity contribution in [2.75, 3.05) is 4.90 Å². The molecule has 0 unspecified atom stereocenters. The summed E-state index contributed by atoms with van der Waals surface area (Å²) in [6, 6.07) is 7.21. The quantitative estimate of drug-likeness (QED) is 0.534. The van der Waals surface area contributed by atoms with E-state index < -0.39 is 0 Å². The molecule has 2 saturated heterocycles. The van der Waals surface area contributed by atoms with E-state index in [2.05, 4.69) is 33.6 Å². The summed E-state index contributed by atoms with van der Waals surface area (Å²) in [6.45, 7) is 0. The van der Waals surface area contributed by atoms with Crippen molar-refractivity contribution in [2.24, 2.45) is 5.41 Å². The van der Waals surface area contributed by atoms with Crippen molar-refractivity contribution in [3.63, 3.8) is 0 Å². The molecule has 2 aliphatic heterocycles. The first-order valence-electron chi connectivity index (χ1n) is 7.36. The zero-order valence-corrected chi connectivity index (χ0v) is 14.2. The highest BCUT2D eigenvalue weighted by atomic mass is 127. The summed E-state index contributed by atoms with van der Waals surface area (Å²) in [4.78, 5) is 14.2. The first-order valence-corrected chi connectivity index (χ1v) is 8.81. The van der Waals surface area contributed by atoms with Crippen LogP contribution in [-0.4, -0.2) is 17.3 Å². The van der Waals surface area contributed by atoms with E-state index in [0.717, 1.165) is 5.69 Å². The monoisotopic (exact) mass is 401 g/mol. The number of anilines is 1. The number of piperidine rings is 1. The third-order valence-electron chi connectivity index (χ3n) is 5.36. The number of nitrogens with zero attached hydrogens (tertiary/aromatic N) is 1. The minimum atomic E-state index is -0.331. The van der Waals surface area contributed by atoms with Crippen LogP contribution < -0.4 is 4.90 Å². The second-order valence-corrected chi connectivity index (χ2v) is 8.22. The molecule has 0 radical (unpaired) electrons. The number of fused-ring (bicyclic) bond motifs is 2. The molecule has 4 heteroatoms. The molecule has 106 valence electrons. The summed E-state index contributed by atoms with van der Waals surface area (Å²) >= 11 is 8.11. The predicted molar refractivity (Wildman–Crippen MR) is 89.5 cm³/mol. The maximum atomic E-state index is 11.7. The van der Waals surface area contributed by atoms with E-state index in [-0.39, 0.29) is 5.24 Å². The highest BCUT2D eigenvalue weighted by Crippen LogP contribution is 2.60. The van der Waals surface area contributed by atoms with Gasteiger partial charge in [0.1, 0.15) is 0 Å². The molecule has 4 rings (SSSR count). The summed E-state index contributed by atoms with van der Waals surface area (Å²) in [5, 5.41) is -0.331. The average Bonchev–Trinajstić information content (AvgIpc) is 3.08. The van der Waals surface area contributed by atoms with Gasteiger partial charge in [0.2, 0.25) is 0 Å². The number of hydrogen-bond donors (Lipinski definition) is 0. The van der Waals surface area contributed by atoms with E-state index >= 15 is 0 Å². The predicted octanol–water partition coefficient (Wildman–Crippen LogP) is 4.58. The molecule has 1 saturated carbocycles. The molecule has 0 N–H and O–H groups in total. The second kappa shape index (κ2) is 4.60. The van der Waals surface area contributed by atoms with Crippen LogP contribution in [0.1, 0.15) is 48.9 Å². The number of rotatable bonds is 2. The largest absolute Gasteiger partial charge is 0.365 e. The van der Waals surface area contributed by atoms with Gasteiger partial charge >= 0.3 is 0 Å². The van der Waals surface area contributed by atoms with Crippen LogP contribution in [0.25, 0.3) is 0 Å². The Morgan fingerprint density at radius 3 is 2.45 bits per heavy atom. The van der Waals surface area contributed by atoms with E-state index in [1.807, 2.05) is 12.1 Å². The molecule has 20 heavy (non-hydrogen) atoms. The Balaban J connectivity index is 1.74. The number of hydrogen-bond acceptors (Lipinski definition) is 2. The van der Waals surface area contributed by atoms with Crippen molar-refractivity contribution < 1.29 is 4.79 Å². The maximum absolute atomic E-state index is 11.7. The topological polar surface area (TPSA) is 20.3 Å². The van der Waals surface area contributed by atoms with Crippen LogP contribution in [0, 0.1) is 8.99 Å². The molecule has 3 aliphatic rings. The van der Waals surface area contributed by atoms with Gasteiger partial charge in [-0.1, -0.05) is 0 Å². The zero-order chi connectivity index (χ0) is 13.9. The minimum Gasteiger partial charge on any atom is -0.365 e. The standard InChI is InChI=1S/C16H17ClINO/c17-15(20)13-4-1-10(18)7-14(13)19-11-2-3-12(19)9-16(8-11)5-6-16/h1,4,7,11-12H,2-3,5-6,8-9H2/t11-,12+. The fraction of sp³-hybridized carbons (Fsp3) is 0.562. The van der Waals surface area contributed by atoms with Gasteiger partial charge in [-0.05, 0) is 96.3 Å². The summed E-state index contributed by atoms with van der Waals surface area (Å²) in [5.41, 5.74) is 2.41. The second-order valence-electron chi connectivity index (χ2n) is 6.64. The Kier molecular flexibility index (Phi) is 3.08. The summed E-state index contributed by atoms with van der Waals surface area (Å²) < 4.78 is 1.17. The highest BCUT2D eigenvalue weighted by molar-refractivity contribution is 14.1. The first kappa shape index (κ1) is 13.4. The van der Waals surface area contributed by atoms with Gasteiger partial charge in [0.15, 0.2) is 0 Å². The van der Waals surface area contributed by atoms with Crippen molar-refractivity contribution in [3.8, 4) is 0 Å². The van der Waals surface area contributed by atoms with E-state index in [1.165, 1.54) is 42.1 Å². The molecule has 1 aromatic carbocycles. The Labute approximate surface area is 138 Å². The summed E-state index contributed by atoms with van der Waals surface area (Å²) in [5.74, 6) is 0. The number of carbonyl (C=O) groups is 1. The lowest BCUT2D eigenvalue weighted by Gasteiger charge is -2.41. The number of carbonyl (C=O) groups excluding carboxylic acids is 1. The molecular formula is C16H17ClINO. The molecule has 1 aliphatic carbocycles. The van der Waals surface area contributed by atoms with Crippen LogP contribution in [0.2, 0.25) is 0 Å². The van der Waals surface area contributed by atoms with Crippen molar-refractivity contribution in [3.05, 3.63) is 27.3 Å². The van der Waals surface area contributed by atoms with Gasteiger partial charge in [0.25, 0.3) is 5.24 Å². The molecule has 3 fully saturated rings. The lowest BCUT2D eigenvalue weighted by atomic mass is 9.87. The first-order chi connectivity index (χ1) is 9.58. The van der Waals surface area contributed by atoms with Gasteiger partial charge in [-0.2, -0.15) is 0 Å². The van der Waals surface area contributed by atoms with Crippen molar-refractivity contribution in [2.45, 2.75) is 50.6 Å². The third-order valence-corrected chi connectivity index (χ3v) is 6.24. The molecule has 1 spiro atoms. The van der Waals surface area contributed by atoms with Gasteiger partial charge in [0.05, 0.1) is 11.3 Å². The molecule has 0 amide bonds. The molecule has 0 aromatic heterocycles.